The lowest BCUT2D eigenvalue weighted by atomic mass is 10.3. The molecule has 21 heavy (non-hydrogen) atoms. The fourth-order valence-corrected chi connectivity index (χ4v) is 1.87. The lowest BCUT2D eigenvalue weighted by Gasteiger charge is -2.00. The number of ketones is 1. The van der Waals surface area contributed by atoms with Crippen molar-refractivity contribution in [2.45, 2.75) is 0 Å². The Morgan fingerprint density at radius 1 is 1.33 bits per heavy atom. The first-order chi connectivity index (χ1) is 10.0. The first-order valence-corrected chi connectivity index (χ1v) is 6.40. The van der Waals surface area contributed by atoms with Crippen LogP contribution in [0.15, 0.2) is 10.5 Å². The highest BCUT2D eigenvalue weighted by atomic mass is 32.1. The average molecular weight is 315 g/mol. The zero-order chi connectivity index (χ0) is 15.8. The maximum atomic E-state index is 11.5. The first-order valence-electron chi connectivity index (χ1n) is 5.52. The van der Waals surface area contributed by atoms with Gasteiger partial charge in [-0.2, -0.15) is 0 Å². The molecule has 9 nitrogen and oxygen atoms in total. The van der Waals surface area contributed by atoms with Gasteiger partial charge in [0.15, 0.2) is 5.13 Å². The van der Waals surface area contributed by atoms with Crippen molar-refractivity contribution in [2.75, 3.05) is 33.3 Å². The Kier molecular flexibility index (Phi) is 6.43. The molecule has 0 saturated heterocycles. The number of nitrogens with one attached hydrogen (secondary N) is 1. The molecule has 0 radical (unpaired) electrons. The topological polar surface area (TPSA) is 116 Å². The van der Waals surface area contributed by atoms with Crippen molar-refractivity contribution in [3.05, 3.63) is 11.1 Å². The number of thiazole rings is 1. The van der Waals surface area contributed by atoms with E-state index in [4.69, 9.17) is 0 Å². The van der Waals surface area contributed by atoms with E-state index in [1.54, 1.807) is 0 Å². The van der Waals surface area contributed by atoms with E-state index < -0.39 is 17.7 Å². The van der Waals surface area contributed by atoms with Crippen molar-refractivity contribution in [3.8, 4) is 0 Å². The molecule has 0 aromatic carbocycles. The fraction of sp³-hybridized carbons (Fsp3) is 0.364. The highest BCUT2D eigenvalue weighted by Crippen LogP contribution is 2.16. The van der Waals surface area contributed by atoms with Crippen molar-refractivity contribution in [3.63, 3.8) is 0 Å². The predicted octanol–water partition coefficient (Wildman–Crippen LogP) is -0.179. The summed E-state index contributed by atoms with van der Waals surface area (Å²) in [5.74, 6) is -2.34. The van der Waals surface area contributed by atoms with E-state index in [9.17, 15) is 14.4 Å². The molecule has 1 amide bonds. The van der Waals surface area contributed by atoms with Crippen molar-refractivity contribution in [1.29, 1.82) is 0 Å². The third-order valence-electron chi connectivity index (χ3n) is 2.06. The Morgan fingerprint density at radius 3 is 2.62 bits per heavy atom. The second-order valence-corrected chi connectivity index (χ2v) is 4.32. The van der Waals surface area contributed by atoms with Crippen LogP contribution >= 0.6 is 11.3 Å². The summed E-state index contributed by atoms with van der Waals surface area (Å²) >= 11 is 1.02. The monoisotopic (exact) mass is 315 g/mol. The van der Waals surface area contributed by atoms with Crippen LogP contribution in [0.1, 0.15) is 5.69 Å². The summed E-state index contributed by atoms with van der Waals surface area (Å²) in [4.78, 5) is 42.7. The van der Waals surface area contributed by atoms with Gasteiger partial charge in [-0.25, -0.2) is 9.78 Å². The van der Waals surface area contributed by atoms with E-state index in [0.717, 1.165) is 11.3 Å². The Bertz CT molecular complexity index is 568. The SMILES string of the molecule is COCC(=O)C(=O)Nc1nc(C(=NOC)C(=O)OC)cs1. The van der Waals surface area contributed by atoms with Crippen LogP contribution in [0.5, 0.6) is 0 Å². The van der Waals surface area contributed by atoms with Crippen LogP contribution in [-0.4, -0.2) is 56.3 Å². The molecule has 0 fully saturated rings. The van der Waals surface area contributed by atoms with Crippen molar-refractivity contribution >= 4 is 39.8 Å². The molecule has 1 heterocycles. The normalized spacial score (nSPS) is 10.9. The highest BCUT2D eigenvalue weighted by molar-refractivity contribution is 7.14. The lowest BCUT2D eigenvalue weighted by Crippen LogP contribution is -2.26. The fourth-order valence-electron chi connectivity index (χ4n) is 1.18. The van der Waals surface area contributed by atoms with Crippen LogP contribution < -0.4 is 5.32 Å². The predicted molar refractivity (Wildman–Crippen MR) is 73.2 cm³/mol. The Morgan fingerprint density at radius 2 is 2.05 bits per heavy atom. The second-order valence-electron chi connectivity index (χ2n) is 3.46. The maximum Gasteiger partial charge on any atom is 0.362 e. The molecular weight excluding hydrogens is 302 g/mol. The molecule has 1 N–H and O–H groups in total. The van der Waals surface area contributed by atoms with Gasteiger partial charge in [-0.05, 0) is 0 Å². The maximum absolute atomic E-state index is 11.5. The van der Waals surface area contributed by atoms with Gasteiger partial charge in [0.1, 0.15) is 19.4 Å². The van der Waals surface area contributed by atoms with Crippen LogP contribution in [-0.2, 0) is 28.7 Å². The first kappa shape index (κ1) is 16.7. The summed E-state index contributed by atoms with van der Waals surface area (Å²) in [6.07, 6.45) is 0. The van der Waals surface area contributed by atoms with Gasteiger partial charge in [0.25, 0.3) is 5.91 Å². The Labute approximate surface area is 123 Å². The van der Waals surface area contributed by atoms with E-state index in [1.165, 1.54) is 26.7 Å². The molecule has 114 valence electrons. The summed E-state index contributed by atoms with van der Waals surface area (Å²) in [5.41, 5.74) is 0.00292. The minimum Gasteiger partial charge on any atom is -0.464 e. The van der Waals surface area contributed by atoms with Crippen LogP contribution in [0, 0.1) is 0 Å². The standard InChI is InChI=1S/C11H13N3O6S/c1-18-4-7(15)9(16)13-11-12-6(5-21-11)8(14-20-3)10(17)19-2/h5H,4H2,1-3H3,(H,12,13,16). The Hall–Kier alpha value is -2.33. The number of esters is 1. The molecule has 0 aliphatic carbocycles. The molecule has 0 aliphatic rings. The minimum atomic E-state index is -0.860. The van der Waals surface area contributed by atoms with Gasteiger partial charge in [-0.3, -0.25) is 14.9 Å². The molecule has 0 aliphatic heterocycles. The number of amides is 1. The molecule has 0 saturated carbocycles. The number of Topliss-reactive ketones (excluding diaryl/α,β-unsaturated/α-hetero) is 1. The summed E-state index contributed by atoms with van der Waals surface area (Å²) < 4.78 is 9.10. The van der Waals surface area contributed by atoms with Gasteiger partial charge in [0.2, 0.25) is 11.5 Å². The van der Waals surface area contributed by atoms with E-state index >= 15 is 0 Å². The largest absolute Gasteiger partial charge is 0.464 e. The molecule has 1 rings (SSSR count). The van der Waals surface area contributed by atoms with Gasteiger partial charge >= 0.3 is 5.97 Å². The number of hydrogen-bond donors (Lipinski definition) is 1. The Balaban J connectivity index is 2.85. The van der Waals surface area contributed by atoms with Crippen LogP contribution in [0.25, 0.3) is 0 Å². The van der Waals surface area contributed by atoms with Crippen molar-refractivity contribution < 1.29 is 28.7 Å². The minimum absolute atomic E-state index is 0.132. The van der Waals surface area contributed by atoms with E-state index in [0.29, 0.717) is 0 Å². The molecule has 10 heteroatoms. The number of hydrogen-bond acceptors (Lipinski definition) is 9. The average Bonchev–Trinajstić information content (AvgIpc) is 2.92. The third kappa shape index (κ3) is 4.61. The number of nitrogens with zero attached hydrogens (tertiary/aromatic N) is 2. The molecular formula is C11H13N3O6S. The van der Waals surface area contributed by atoms with E-state index in [1.807, 2.05) is 0 Å². The number of aromatic nitrogens is 1. The molecule has 0 bridgehead atoms. The zero-order valence-corrected chi connectivity index (χ0v) is 12.4. The summed E-state index contributed by atoms with van der Waals surface area (Å²) in [5, 5.41) is 7.40. The summed E-state index contributed by atoms with van der Waals surface area (Å²) in [7, 11) is 3.75. The molecule has 0 spiro atoms. The second kappa shape index (κ2) is 8.07. The van der Waals surface area contributed by atoms with Crippen LogP contribution in [0.3, 0.4) is 0 Å². The van der Waals surface area contributed by atoms with E-state index in [-0.39, 0.29) is 23.1 Å². The number of ether oxygens (including phenoxy) is 2. The third-order valence-corrected chi connectivity index (χ3v) is 2.81. The number of carbonyl (C=O) groups excluding carboxylic acids is 3. The van der Waals surface area contributed by atoms with Gasteiger partial charge < -0.3 is 14.3 Å². The van der Waals surface area contributed by atoms with E-state index in [2.05, 4.69) is 29.8 Å². The van der Waals surface area contributed by atoms with Gasteiger partial charge in [-0.1, -0.05) is 5.16 Å². The number of methoxy groups -OCH3 is 2. The number of anilines is 1. The van der Waals surface area contributed by atoms with Crippen LogP contribution in [0.4, 0.5) is 5.13 Å². The number of oxime groups is 1. The van der Waals surface area contributed by atoms with Crippen molar-refractivity contribution in [2.24, 2.45) is 5.16 Å². The van der Waals surface area contributed by atoms with Gasteiger partial charge in [0, 0.05) is 12.5 Å². The van der Waals surface area contributed by atoms with Crippen LogP contribution in [0.2, 0.25) is 0 Å². The van der Waals surface area contributed by atoms with Gasteiger partial charge in [0.05, 0.1) is 7.11 Å². The molecule has 1 aromatic heterocycles. The summed E-state index contributed by atoms with van der Waals surface area (Å²) in [6, 6.07) is 0. The summed E-state index contributed by atoms with van der Waals surface area (Å²) in [6.45, 7) is -0.331. The number of rotatable bonds is 7. The number of carbonyl (C=O) groups is 3. The smallest absolute Gasteiger partial charge is 0.362 e. The molecule has 1 aromatic rings. The van der Waals surface area contributed by atoms with Crippen molar-refractivity contribution in [1.82, 2.24) is 4.98 Å². The quantitative estimate of drug-likeness (QED) is 0.321. The molecule has 0 atom stereocenters. The lowest BCUT2D eigenvalue weighted by molar-refractivity contribution is -0.137. The van der Waals surface area contributed by atoms with Gasteiger partial charge in [-0.15, -0.1) is 11.3 Å². The molecule has 0 unspecified atom stereocenters. The highest BCUT2D eigenvalue weighted by Gasteiger charge is 2.21. The zero-order valence-electron chi connectivity index (χ0n) is 11.5.